The molecular weight excluding hydrogens is 660 g/mol. The van der Waals surface area contributed by atoms with Crippen molar-refractivity contribution < 1.29 is 57.4 Å². The molecule has 2 saturated heterocycles. The van der Waals surface area contributed by atoms with Gasteiger partial charge in [-0.2, -0.15) is 0 Å². The predicted molar refractivity (Wildman–Crippen MR) is 180 cm³/mol. The molecule has 0 saturated carbocycles. The number of benzene rings is 4. The molecule has 4 aromatic carbocycles. The van der Waals surface area contributed by atoms with E-state index in [9.17, 15) is 24.3 Å². The fraction of sp³-hybridized carbons (Fsp3) is 0.282. The Morgan fingerprint density at radius 3 is 1.39 bits per heavy atom. The highest BCUT2D eigenvalue weighted by atomic mass is 16.7. The zero-order valence-electron chi connectivity index (χ0n) is 27.7. The van der Waals surface area contributed by atoms with Gasteiger partial charge in [0.1, 0.15) is 35.2 Å². The Kier molecular flexibility index (Phi) is 11.2. The van der Waals surface area contributed by atoms with Crippen molar-refractivity contribution in [3.8, 4) is 23.0 Å². The summed E-state index contributed by atoms with van der Waals surface area (Å²) >= 11 is 0. The van der Waals surface area contributed by atoms with Gasteiger partial charge in [0.15, 0.2) is 12.2 Å². The third-order valence-electron chi connectivity index (χ3n) is 8.45. The average Bonchev–Trinajstić information content (AvgIpc) is 3.74. The van der Waals surface area contributed by atoms with Crippen molar-refractivity contribution in [3.63, 3.8) is 0 Å². The highest BCUT2D eigenvalue weighted by Gasteiger charge is 2.51. The second kappa shape index (κ2) is 16.3. The quantitative estimate of drug-likeness (QED) is 0.147. The van der Waals surface area contributed by atoms with Gasteiger partial charge in [0.25, 0.3) is 0 Å². The van der Waals surface area contributed by atoms with Crippen molar-refractivity contribution in [2.24, 2.45) is 0 Å². The van der Waals surface area contributed by atoms with Gasteiger partial charge in [-0.25, -0.2) is 9.59 Å². The molecule has 4 unspecified atom stereocenters. The van der Waals surface area contributed by atoms with E-state index >= 15 is 0 Å². The highest BCUT2D eigenvalue weighted by molar-refractivity contribution is 5.90. The van der Waals surface area contributed by atoms with Gasteiger partial charge < -0.3 is 38.3 Å². The number of rotatable bonds is 13. The maximum atomic E-state index is 12.9. The Morgan fingerprint density at radius 1 is 0.588 bits per heavy atom. The van der Waals surface area contributed by atoms with Gasteiger partial charge in [-0.05, 0) is 96.8 Å². The summed E-state index contributed by atoms with van der Waals surface area (Å²) in [5, 5.41) is 9.38. The van der Waals surface area contributed by atoms with E-state index in [0.717, 1.165) is 16.9 Å². The molecule has 0 spiro atoms. The predicted octanol–water partition coefficient (Wildman–Crippen LogP) is 5.03. The third kappa shape index (κ3) is 9.30. The molecule has 2 aliphatic heterocycles. The number of methoxy groups -OCH3 is 1. The molecule has 0 aromatic heterocycles. The van der Waals surface area contributed by atoms with E-state index in [-0.39, 0.29) is 48.7 Å². The van der Waals surface area contributed by atoms with Crippen molar-refractivity contribution in [3.05, 3.63) is 119 Å². The van der Waals surface area contributed by atoms with Crippen LogP contribution in [0.15, 0.2) is 97.1 Å². The molecular formula is C39H36O12. The lowest BCUT2D eigenvalue weighted by atomic mass is 10.1. The van der Waals surface area contributed by atoms with Crippen LogP contribution in [0.5, 0.6) is 23.0 Å². The smallest absolute Gasteiger partial charge is 0.338 e. The lowest BCUT2D eigenvalue weighted by Crippen LogP contribution is -2.36. The maximum absolute atomic E-state index is 12.9. The van der Waals surface area contributed by atoms with Crippen molar-refractivity contribution in [1.29, 1.82) is 0 Å². The number of aryl methyl sites for hydroxylation is 2. The molecule has 12 nitrogen and oxygen atoms in total. The summed E-state index contributed by atoms with van der Waals surface area (Å²) in [6.07, 6.45) is -1.39. The van der Waals surface area contributed by atoms with Crippen LogP contribution in [0, 0.1) is 0 Å². The monoisotopic (exact) mass is 696 g/mol. The third-order valence-corrected chi connectivity index (χ3v) is 8.45. The minimum atomic E-state index is -0.720. The van der Waals surface area contributed by atoms with Crippen LogP contribution in [0.4, 0.5) is 0 Å². The Balaban J connectivity index is 0.925. The number of phenols is 1. The first-order valence-electron chi connectivity index (χ1n) is 16.4. The number of carbonyl (C=O) groups is 4. The molecule has 2 heterocycles. The molecule has 6 rings (SSSR count). The molecule has 0 amide bonds. The zero-order chi connectivity index (χ0) is 35.7. The van der Waals surface area contributed by atoms with Crippen LogP contribution in [-0.4, -0.2) is 73.7 Å². The first-order chi connectivity index (χ1) is 24.7. The van der Waals surface area contributed by atoms with Crippen molar-refractivity contribution >= 4 is 23.9 Å². The average molecular weight is 697 g/mol. The molecule has 51 heavy (non-hydrogen) atoms. The van der Waals surface area contributed by atoms with Crippen LogP contribution in [0.3, 0.4) is 0 Å². The summed E-state index contributed by atoms with van der Waals surface area (Å²) in [6, 6.07) is 26.1. The second-order valence-electron chi connectivity index (χ2n) is 12.0. The summed E-state index contributed by atoms with van der Waals surface area (Å²) in [6.45, 7) is 0.121. The molecule has 2 fully saturated rings. The van der Waals surface area contributed by atoms with Crippen molar-refractivity contribution in [1.82, 2.24) is 0 Å². The molecule has 0 aliphatic carbocycles. The standard InChI is InChI=1S/C39H36O12/c1-45-29-14-4-25(5-15-29)7-21-35(42)49-31-18-10-27(11-19-31)39(44)51-33-23-47-36-32(22-46-37(33)36)50-38(43)26-8-16-30(17-9-26)48-34(41)20-6-24-2-12-28(40)13-3-24/h2-5,8-19,32-33,36-37,40H,6-7,20-23H2,1H3. The maximum Gasteiger partial charge on any atom is 0.338 e. The molecule has 4 atom stereocenters. The van der Waals surface area contributed by atoms with E-state index in [1.54, 1.807) is 31.4 Å². The first-order valence-corrected chi connectivity index (χ1v) is 16.4. The Morgan fingerprint density at radius 2 is 0.980 bits per heavy atom. The van der Waals surface area contributed by atoms with E-state index in [1.165, 1.54) is 48.5 Å². The Bertz CT molecular complexity index is 1820. The van der Waals surface area contributed by atoms with Gasteiger partial charge in [0.2, 0.25) is 0 Å². The fourth-order valence-electron chi connectivity index (χ4n) is 5.67. The van der Waals surface area contributed by atoms with Gasteiger partial charge in [-0.15, -0.1) is 0 Å². The van der Waals surface area contributed by atoms with Gasteiger partial charge in [-0.3, -0.25) is 9.59 Å². The largest absolute Gasteiger partial charge is 0.508 e. The molecule has 0 bridgehead atoms. The molecule has 12 heteroatoms. The summed E-state index contributed by atoms with van der Waals surface area (Å²) in [5.41, 5.74) is 2.37. The SMILES string of the molecule is COc1ccc(CCC(=O)Oc2ccc(C(=O)OC3COC4C(OC(=O)c5ccc(OC(=O)CCc6ccc(O)cc6)cc5)COC34)cc2)cc1. The summed E-state index contributed by atoms with van der Waals surface area (Å²) < 4.78 is 38.9. The zero-order valence-corrected chi connectivity index (χ0v) is 27.7. The number of aromatic hydroxyl groups is 1. The second-order valence-corrected chi connectivity index (χ2v) is 12.0. The molecule has 1 N–H and O–H groups in total. The number of carbonyl (C=O) groups excluding carboxylic acids is 4. The first kappa shape index (κ1) is 35.1. The van der Waals surface area contributed by atoms with Crippen LogP contribution >= 0.6 is 0 Å². The Hall–Kier alpha value is -5.72. The topological polar surface area (TPSA) is 153 Å². The fourth-order valence-corrected chi connectivity index (χ4v) is 5.67. The van der Waals surface area contributed by atoms with E-state index in [4.69, 9.17) is 33.2 Å². The highest BCUT2D eigenvalue weighted by Crippen LogP contribution is 2.32. The van der Waals surface area contributed by atoms with Gasteiger partial charge >= 0.3 is 23.9 Å². The van der Waals surface area contributed by atoms with Crippen LogP contribution in [0.1, 0.15) is 44.7 Å². The van der Waals surface area contributed by atoms with E-state index in [0.29, 0.717) is 18.6 Å². The van der Waals surface area contributed by atoms with Crippen molar-refractivity contribution in [2.75, 3.05) is 20.3 Å². The van der Waals surface area contributed by atoms with E-state index in [1.807, 2.05) is 24.3 Å². The minimum Gasteiger partial charge on any atom is -0.508 e. The normalized spacial score (nSPS) is 19.1. The molecule has 2 aliphatic rings. The van der Waals surface area contributed by atoms with Crippen LogP contribution in [0.2, 0.25) is 0 Å². The van der Waals surface area contributed by atoms with E-state index < -0.39 is 48.3 Å². The molecule has 264 valence electrons. The van der Waals surface area contributed by atoms with Crippen LogP contribution in [-0.2, 0) is 41.4 Å². The summed E-state index contributed by atoms with van der Waals surface area (Å²) in [5.74, 6) is -0.572. The molecule has 4 aromatic rings. The van der Waals surface area contributed by atoms with Crippen LogP contribution < -0.4 is 14.2 Å². The number of esters is 4. The van der Waals surface area contributed by atoms with Crippen molar-refractivity contribution in [2.45, 2.75) is 50.1 Å². The van der Waals surface area contributed by atoms with E-state index in [2.05, 4.69) is 0 Å². The lowest BCUT2D eigenvalue weighted by molar-refractivity contribution is -0.135. The Labute approximate surface area is 293 Å². The number of phenolic OH excluding ortho intramolecular Hbond substituents is 1. The number of hydrogen-bond acceptors (Lipinski definition) is 12. The summed E-state index contributed by atoms with van der Waals surface area (Å²) in [7, 11) is 1.59. The van der Waals surface area contributed by atoms with Crippen LogP contribution in [0.25, 0.3) is 0 Å². The minimum absolute atomic E-state index is 0.0599. The molecule has 0 radical (unpaired) electrons. The van der Waals surface area contributed by atoms with Gasteiger partial charge in [0.05, 0.1) is 31.5 Å². The lowest BCUT2D eigenvalue weighted by Gasteiger charge is -2.17. The number of fused-ring (bicyclic) bond motifs is 1. The summed E-state index contributed by atoms with van der Waals surface area (Å²) in [4.78, 5) is 50.4. The number of ether oxygens (including phenoxy) is 7. The van der Waals surface area contributed by atoms with Gasteiger partial charge in [0, 0.05) is 12.8 Å². The van der Waals surface area contributed by atoms with Gasteiger partial charge in [-0.1, -0.05) is 24.3 Å². The number of hydrogen-bond donors (Lipinski definition) is 1.